The van der Waals surface area contributed by atoms with E-state index in [1.165, 1.54) is 29.2 Å². The minimum absolute atomic E-state index is 0.198. The molecule has 0 radical (unpaired) electrons. The Morgan fingerprint density at radius 1 is 0.963 bits per heavy atom. The van der Waals surface area contributed by atoms with Gasteiger partial charge in [0.15, 0.2) is 0 Å². The van der Waals surface area contributed by atoms with Gasteiger partial charge in [0.2, 0.25) is 0 Å². The maximum absolute atomic E-state index is 13.2. The average molecular weight is 368 g/mol. The zero-order valence-electron chi connectivity index (χ0n) is 15.3. The Morgan fingerprint density at radius 3 is 2.22 bits per heavy atom. The number of halogens is 1. The number of hydrogen-bond donors (Lipinski definition) is 1. The number of carbonyl (C=O) groups excluding carboxylic acids is 2. The third-order valence-electron chi connectivity index (χ3n) is 4.18. The molecule has 2 aromatic carbocycles. The highest BCUT2D eigenvalue weighted by atomic mass is 19.1. The molecule has 0 saturated heterocycles. The van der Waals surface area contributed by atoms with Gasteiger partial charge >= 0.3 is 0 Å². The van der Waals surface area contributed by atoms with Gasteiger partial charge in [-0.2, -0.15) is 0 Å². The Hall–Kier alpha value is -3.15. The zero-order chi connectivity index (χ0) is 19.4. The van der Waals surface area contributed by atoms with Crippen LogP contribution in [0.25, 0.3) is 5.57 Å². The van der Waals surface area contributed by atoms with E-state index in [0.29, 0.717) is 42.1 Å². The molecule has 0 aliphatic carbocycles. The van der Waals surface area contributed by atoms with Crippen molar-refractivity contribution in [1.82, 2.24) is 4.90 Å². The van der Waals surface area contributed by atoms with E-state index in [4.69, 9.17) is 4.74 Å². The van der Waals surface area contributed by atoms with Crippen molar-refractivity contribution >= 4 is 23.1 Å². The molecule has 0 bridgehead atoms. The van der Waals surface area contributed by atoms with Gasteiger partial charge in [0, 0.05) is 12.2 Å². The molecule has 0 atom stereocenters. The van der Waals surface area contributed by atoms with Gasteiger partial charge in [0.1, 0.15) is 17.3 Å². The summed E-state index contributed by atoms with van der Waals surface area (Å²) in [4.78, 5) is 26.9. The summed E-state index contributed by atoms with van der Waals surface area (Å²) in [5.74, 6) is -0.398. The first kappa shape index (κ1) is 18.6. The average Bonchev–Trinajstić information content (AvgIpc) is 2.89. The van der Waals surface area contributed by atoms with E-state index in [2.05, 4.69) is 5.32 Å². The molecule has 140 valence electrons. The van der Waals surface area contributed by atoms with Crippen LogP contribution in [0.2, 0.25) is 0 Å². The molecule has 1 aliphatic rings. The molecule has 1 aliphatic heterocycles. The van der Waals surface area contributed by atoms with Crippen LogP contribution >= 0.6 is 0 Å². The Balaban J connectivity index is 2.01. The third-order valence-corrected chi connectivity index (χ3v) is 4.18. The van der Waals surface area contributed by atoms with E-state index in [9.17, 15) is 14.0 Å². The van der Waals surface area contributed by atoms with Gasteiger partial charge in [-0.1, -0.05) is 19.1 Å². The highest BCUT2D eigenvalue weighted by molar-refractivity contribution is 6.36. The van der Waals surface area contributed by atoms with Crippen LogP contribution in [0.1, 0.15) is 25.8 Å². The highest BCUT2D eigenvalue weighted by Gasteiger charge is 2.38. The Kier molecular flexibility index (Phi) is 5.54. The fourth-order valence-electron chi connectivity index (χ4n) is 2.95. The van der Waals surface area contributed by atoms with Crippen LogP contribution in [0, 0.1) is 5.82 Å². The summed E-state index contributed by atoms with van der Waals surface area (Å²) in [6, 6.07) is 12.7. The fourth-order valence-corrected chi connectivity index (χ4v) is 2.95. The highest BCUT2D eigenvalue weighted by Crippen LogP contribution is 2.31. The van der Waals surface area contributed by atoms with Gasteiger partial charge in [0.25, 0.3) is 11.8 Å². The molecule has 1 heterocycles. The van der Waals surface area contributed by atoms with E-state index < -0.39 is 0 Å². The van der Waals surface area contributed by atoms with Gasteiger partial charge < -0.3 is 10.1 Å². The summed E-state index contributed by atoms with van der Waals surface area (Å²) >= 11 is 0. The fraction of sp³-hybridized carbons (Fsp3) is 0.238. The van der Waals surface area contributed by atoms with Crippen LogP contribution in [-0.4, -0.2) is 29.9 Å². The van der Waals surface area contributed by atoms with Gasteiger partial charge in [-0.25, -0.2) is 4.39 Å². The second-order valence-corrected chi connectivity index (χ2v) is 6.10. The van der Waals surface area contributed by atoms with Crippen LogP contribution in [-0.2, 0) is 9.59 Å². The van der Waals surface area contributed by atoms with E-state index in [1.54, 1.807) is 24.3 Å². The van der Waals surface area contributed by atoms with Crippen molar-refractivity contribution in [3.8, 4) is 5.75 Å². The third kappa shape index (κ3) is 3.84. The molecular formula is C21H21FN2O3. The van der Waals surface area contributed by atoms with Crippen LogP contribution in [0.15, 0.2) is 54.2 Å². The molecule has 27 heavy (non-hydrogen) atoms. The molecule has 6 heteroatoms. The number of carbonyl (C=O) groups is 2. The largest absolute Gasteiger partial charge is 0.494 e. The summed E-state index contributed by atoms with van der Waals surface area (Å²) in [6.07, 6.45) is 0.665. The minimum Gasteiger partial charge on any atom is -0.494 e. The lowest BCUT2D eigenvalue weighted by molar-refractivity contribution is -0.136. The van der Waals surface area contributed by atoms with E-state index in [1.807, 2.05) is 13.8 Å². The van der Waals surface area contributed by atoms with E-state index in [-0.39, 0.29) is 23.3 Å². The van der Waals surface area contributed by atoms with E-state index >= 15 is 0 Å². The molecule has 0 saturated carbocycles. The number of imide groups is 1. The number of nitrogens with zero attached hydrogens (tertiary/aromatic N) is 1. The number of rotatable bonds is 7. The molecule has 0 aromatic heterocycles. The van der Waals surface area contributed by atoms with Crippen molar-refractivity contribution < 1.29 is 18.7 Å². The second-order valence-electron chi connectivity index (χ2n) is 6.10. The lowest BCUT2D eigenvalue weighted by Gasteiger charge is -2.13. The van der Waals surface area contributed by atoms with Crippen molar-refractivity contribution in [3.63, 3.8) is 0 Å². The summed E-state index contributed by atoms with van der Waals surface area (Å²) in [6.45, 7) is 4.68. The molecule has 0 unspecified atom stereocenters. The zero-order valence-corrected chi connectivity index (χ0v) is 15.3. The number of anilines is 1. The Bertz CT molecular complexity index is 873. The predicted molar refractivity (Wildman–Crippen MR) is 102 cm³/mol. The van der Waals surface area contributed by atoms with Gasteiger partial charge in [0.05, 0.1) is 12.2 Å². The molecule has 1 N–H and O–H groups in total. The molecule has 2 aromatic rings. The van der Waals surface area contributed by atoms with Crippen LogP contribution in [0.3, 0.4) is 0 Å². The smallest absolute Gasteiger partial charge is 0.278 e. The van der Waals surface area contributed by atoms with Crippen LogP contribution in [0.4, 0.5) is 10.1 Å². The van der Waals surface area contributed by atoms with Crippen molar-refractivity contribution in [2.24, 2.45) is 0 Å². The SMILES string of the molecule is CCCN1C(=O)C(Nc2ccc(F)cc2)=C(c2ccc(OCC)cc2)C1=O. The number of benzene rings is 2. The molecule has 3 rings (SSSR count). The number of hydrogen-bond acceptors (Lipinski definition) is 4. The van der Waals surface area contributed by atoms with Gasteiger partial charge in [-0.15, -0.1) is 0 Å². The van der Waals surface area contributed by atoms with Crippen LogP contribution < -0.4 is 10.1 Å². The van der Waals surface area contributed by atoms with Crippen molar-refractivity contribution in [2.75, 3.05) is 18.5 Å². The topological polar surface area (TPSA) is 58.6 Å². The first-order valence-corrected chi connectivity index (χ1v) is 8.91. The van der Waals surface area contributed by atoms with Crippen molar-refractivity contribution in [3.05, 3.63) is 65.6 Å². The first-order chi connectivity index (χ1) is 13.0. The Labute approximate surface area is 157 Å². The first-order valence-electron chi connectivity index (χ1n) is 8.91. The summed E-state index contributed by atoms with van der Waals surface area (Å²) in [7, 11) is 0. The van der Waals surface area contributed by atoms with Gasteiger partial charge in [-0.3, -0.25) is 14.5 Å². The maximum Gasteiger partial charge on any atom is 0.278 e. The lowest BCUT2D eigenvalue weighted by Crippen LogP contribution is -2.33. The number of amides is 2. The minimum atomic E-state index is -0.380. The Morgan fingerprint density at radius 2 is 1.63 bits per heavy atom. The monoisotopic (exact) mass is 368 g/mol. The number of ether oxygens (including phenoxy) is 1. The predicted octanol–water partition coefficient (Wildman–Crippen LogP) is 3.83. The summed E-state index contributed by atoms with van der Waals surface area (Å²) in [5.41, 5.74) is 1.67. The molecule has 5 nitrogen and oxygen atoms in total. The molecule has 0 fully saturated rings. The summed E-state index contributed by atoms with van der Waals surface area (Å²) < 4.78 is 18.6. The lowest BCUT2D eigenvalue weighted by atomic mass is 10.0. The molecular weight excluding hydrogens is 347 g/mol. The van der Waals surface area contributed by atoms with Crippen molar-refractivity contribution in [2.45, 2.75) is 20.3 Å². The molecule has 2 amide bonds. The van der Waals surface area contributed by atoms with E-state index in [0.717, 1.165) is 0 Å². The maximum atomic E-state index is 13.2. The second kappa shape index (κ2) is 8.03. The quantitative estimate of drug-likeness (QED) is 0.755. The number of nitrogens with one attached hydrogen (secondary N) is 1. The van der Waals surface area contributed by atoms with Crippen molar-refractivity contribution in [1.29, 1.82) is 0 Å². The normalized spacial score (nSPS) is 14.1. The molecule has 0 spiro atoms. The van der Waals surface area contributed by atoms with Gasteiger partial charge in [-0.05, 0) is 55.3 Å². The standard InChI is InChI=1S/C21H21FN2O3/c1-3-13-24-20(25)18(14-5-11-17(12-6-14)27-4-2)19(21(24)26)23-16-9-7-15(22)8-10-16/h5-12,23H,3-4,13H2,1-2H3. The van der Waals surface area contributed by atoms with Crippen LogP contribution in [0.5, 0.6) is 5.75 Å². The summed E-state index contributed by atoms with van der Waals surface area (Å²) in [5, 5.41) is 2.99.